The predicted molar refractivity (Wildman–Crippen MR) is 74.0 cm³/mol. The molecule has 1 amide bonds. The first-order chi connectivity index (χ1) is 9.76. The number of nitrogens with zero attached hydrogens (tertiary/aromatic N) is 3. The molecule has 2 heterocycles. The van der Waals surface area contributed by atoms with E-state index in [0.29, 0.717) is 18.1 Å². The molecule has 7 nitrogen and oxygen atoms in total. The van der Waals surface area contributed by atoms with Gasteiger partial charge in [0.15, 0.2) is 5.01 Å². The smallest absolute Gasteiger partial charge is 0.542 e. The van der Waals surface area contributed by atoms with Crippen LogP contribution in [0.4, 0.5) is 4.79 Å². The van der Waals surface area contributed by atoms with Gasteiger partial charge >= 0.3 is 35.7 Å². The number of rotatable bonds is 2. The third-order valence-corrected chi connectivity index (χ3v) is 4.18. The molecule has 9 heteroatoms. The SMILES string of the molecule is CC(C)(C)OC(=O)N1CCC(c2nnc(C(=O)[O-])s2)CC1.[Na+]. The predicted octanol–water partition coefficient (Wildman–Crippen LogP) is -1.98. The fourth-order valence-electron chi connectivity index (χ4n) is 2.12. The van der Waals surface area contributed by atoms with Gasteiger partial charge in [-0.2, -0.15) is 0 Å². The van der Waals surface area contributed by atoms with Gasteiger partial charge in [0.25, 0.3) is 0 Å². The van der Waals surface area contributed by atoms with Crippen LogP contribution in [0.2, 0.25) is 0 Å². The Morgan fingerprint density at radius 1 is 1.27 bits per heavy atom. The van der Waals surface area contributed by atoms with Crippen LogP contribution in [0.15, 0.2) is 0 Å². The standard InChI is InChI=1S/C13H19N3O4S.Na/c1-13(2,3)20-12(19)16-6-4-8(5-7-16)9-14-15-10(21-9)11(17)18;/h8H,4-7H2,1-3H3,(H,17,18);/q;+1/p-1. The van der Waals surface area contributed by atoms with Gasteiger partial charge in [-0.05, 0) is 33.6 Å². The second-order valence-corrected chi connectivity index (χ2v) is 6.98. The van der Waals surface area contributed by atoms with Crippen molar-refractivity contribution < 1.29 is 49.0 Å². The Morgan fingerprint density at radius 3 is 2.32 bits per heavy atom. The fraction of sp³-hybridized carbons (Fsp3) is 0.692. The summed E-state index contributed by atoms with van der Waals surface area (Å²) in [5.41, 5.74) is -0.503. The van der Waals surface area contributed by atoms with Gasteiger partial charge in [0.05, 0.1) is 0 Å². The number of carboxylic acids is 1. The van der Waals surface area contributed by atoms with Crippen LogP contribution in [0.5, 0.6) is 0 Å². The Morgan fingerprint density at radius 2 is 1.86 bits per heavy atom. The number of amides is 1. The molecule has 0 bridgehead atoms. The van der Waals surface area contributed by atoms with E-state index in [1.165, 1.54) is 0 Å². The van der Waals surface area contributed by atoms with Gasteiger partial charge in [0.2, 0.25) is 0 Å². The van der Waals surface area contributed by atoms with Crippen LogP contribution >= 0.6 is 11.3 Å². The van der Waals surface area contributed by atoms with Crippen molar-refractivity contribution in [2.45, 2.75) is 45.1 Å². The minimum Gasteiger partial charge on any atom is -0.542 e. The van der Waals surface area contributed by atoms with Gasteiger partial charge < -0.3 is 19.5 Å². The van der Waals surface area contributed by atoms with E-state index in [1.54, 1.807) is 4.90 Å². The van der Waals surface area contributed by atoms with E-state index in [4.69, 9.17) is 4.74 Å². The third kappa shape index (κ3) is 5.19. The largest absolute Gasteiger partial charge is 1.00 e. The molecule has 116 valence electrons. The van der Waals surface area contributed by atoms with Gasteiger partial charge in [0.1, 0.15) is 16.6 Å². The Labute approximate surface area is 155 Å². The van der Waals surface area contributed by atoms with Crippen molar-refractivity contribution in [3.05, 3.63) is 10.0 Å². The monoisotopic (exact) mass is 335 g/mol. The van der Waals surface area contributed by atoms with Gasteiger partial charge in [-0.3, -0.25) is 0 Å². The number of ether oxygens (including phenoxy) is 1. The van der Waals surface area contributed by atoms with E-state index >= 15 is 0 Å². The summed E-state index contributed by atoms with van der Waals surface area (Å²) in [6.07, 6.45) is 1.13. The number of piperidine rings is 1. The van der Waals surface area contributed by atoms with Crippen LogP contribution in [0.3, 0.4) is 0 Å². The molecule has 1 aromatic heterocycles. The summed E-state index contributed by atoms with van der Waals surface area (Å²) >= 11 is 1.05. The summed E-state index contributed by atoms with van der Waals surface area (Å²) in [6.45, 7) is 6.64. The number of aromatic nitrogens is 2. The summed E-state index contributed by atoms with van der Waals surface area (Å²) < 4.78 is 5.33. The molecule has 0 saturated carbocycles. The topological polar surface area (TPSA) is 95.5 Å². The number of carbonyl (C=O) groups excluding carboxylic acids is 2. The van der Waals surface area contributed by atoms with Crippen LogP contribution in [-0.2, 0) is 4.74 Å². The molecule has 2 rings (SSSR count). The molecule has 0 aromatic carbocycles. The Balaban J connectivity index is 0.00000242. The minimum atomic E-state index is -1.30. The first-order valence-electron chi connectivity index (χ1n) is 6.79. The number of hydrogen-bond acceptors (Lipinski definition) is 7. The number of carbonyl (C=O) groups is 2. The van der Waals surface area contributed by atoms with Crippen LogP contribution in [-0.4, -0.2) is 45.9 Å². The normalized spacial score (nSPS) is 16.0. The zero-order valence-electron chi connectivity index (χ0n) is 13.3. The maximum Gasteiger partial charge on any atom is 1.00 e. The molecule has 1 aliphatic rings. The second kappa shape index (κ2) is 7.72. The Bertz CT molecular complexity index is 536. The van der Waals surface area contributed by atoms with Crippen LogP contribution in [0.25, 0.3) is 0 Å². The summed E-state index contributed by atoms with van der Waals surface area (Å²) in [5.74, 6) is -1.17. The van der Waals surface area contributed by atoms with Crippen LogP contribution < -0.4 is 34.7 Å². The van der Waals surface area contributed by atoms with Crippen LogP contribution in [0, 0.1) is 0 Å². The Hall–Kier alpha value is -0.700. The fourth-order valence-corrected chi connectivity index (χ4v) is 2.96. The maximum atomic E-state index is 11.9. The number of aromatic carboxylic acids is 1. The summed E-state index contributed by atoms with van der Waals surface area (Å²) in [7, 11) is 0. The van der Waals surface area contributed by atoms with Crippen molar-refractivity contribution in [2.24, 2.45) is 0 Å². The van der Waals surface area contributed by atoms with E-state index in [0.717, 1.165) is 24.2 Å². The number of likely N-dealkylation sites (tertiary alicyclic amines) is 1. The average Bonchev–Trinajstić information content (AvgIpc) is 2.86. The van der Waals surface area contributed by atoms with Crippen molar-refractivity contribution in [1.82, 2.24) is 15.1 Å². The summed E-state index contributed by atoms with van der Waals surface area (Å²) in [5, 5.41) is 18.8. The molecule has 0 spiro atoms. The van der Waals surface area contributed by atoms with Crippen LogP contribution in [0.1, 0.15) is 54.3 Å². The molecule has 0 aliphatic carbocycles. The van der Waals surface area contributed by atoms with Gasteiger partial charge in [-0.1, -0.05) is 11.3 Å². The molecule has 22 heavy (non-hydrogen) atoms. The molecule has 1 saturated heterocycles. The molecule has 0 N–H and O–H groups in total. The molecule has 1 aliphatic heterocycles. The van der Waals surface area contributed by atoms with E-state index in [2.05, 4.69) is 10.2 Å². The van der Waals surface area contributed by atoms with E-state index in [-0.39, 0.29) is 46.6 Å². The van der Waals surface area contributed by atoms with E-state index < -0.39 is 11.6 Å². The Kier molecular flexibility index (Phi) is 6.79. The van der Waals surface area contributed by atoms with Gasteiger partial charge in [-0.25, -0.2) is 4.79 Å². The molecular formula is C13H18N3NaO4S. The summed E-state index contributed by atoms with van der Waals surface area (Å²) in [4.78, 5) is 24.3. The van der Waals surface area contributed by atoms with Crippen molar-refractivity contribution >= 4 is 23.4 Å². The number of carboxylic acid groups (broad SMARTS) is 1. The first-order valence-corrected chi connectivity index (χ1v) is 7.60. The first kappa shape index (κ1) is 19.3. The zero-order chi connectivity index (χ0) is 15.6. The molecule has 0 unspecified atom stereocenters. The summed E-state index contributed by atoms with van der Waals surface area (Å²) in [6, 6.07) is 0. The van der Waals surface area contributed by atoms with Gasteiger partial charge in [0, 0.05) is 19.0 Å². The van der Waals surface area contributed by atoms with E-state index in [9.17, 15) is 14.7 Å². The van der Waals surface area contributed by atoms with Crippen molar-refractivity contribution in [2.75, 3.05) is 13.1 Å². The third-order valence-electron chi connectivity index (χ3n) is 3.11. The zero-order valence-corrected chi connectivity index (χ0v) is 16.1. The molecule has 1 aromatic rings. The number of hydrogen-bond donors (Lipinski definition) is 0. The minimum absolute atomic E-state index is 0. The molecular weight excluding hydrogens is 317 g/mol. The molecule has 1 fully saturated rings. The van der Waals surface area contributed by atoms with Crippen molar-refractivity contribution in [3.8, 4) is 0 Å². The molecule has 0 atom stereocenters. The molecule has 0 radical (unpaired) electrons. The van der Waals surface area contributed by atoms with Crippen molar-refractivity contribution in [1.29, 1.82) is 0 Å². The van der Waals surface area contributed by atoms with E-state index in [1.807, 2.05) is 20.8 Å². The average molecular weight is 335 g/mol. The van der Waals surface area contributed by atoms with Gasteiger partial charge in [-0.15, -0.1) is 10.2 Å². The van der Waals surface area contributed by atoms with Crippen molar-refractivity contribution in [3.63, 3.8) is 0 Å². The maximum absolute atomic E-state index is 11.9. The quantitative estimate of drug-likeness (QED) is 0.581. The second-order valence-electron chi connectivity index (χ2n) is 5.97.